The fraction of sp³-hybridized carbons (Fsp3) is 1.00. The Kier molecular flexibility index (Phi) is 5.51. The van der Waals surface area contributed by atoms with Gasteiger partial charge in [-0.1, -0.05) is 38.5 Å². The first-order chi connectivity index (χ1) is 7.88. The Morgan fingerprint density at radius 3 is 2.38 bits per heavy atom. The quantitative estimate of drug-likeness (QED) is 0.758. The molecule has 0 aromatic rings. The second-order valence-corrected chi connectivity index (χ2v) is 6.94. The van der Waals surface area contributed by atoms with Crippen LogP contribution in [0.25, 0.3) is 0 Å². The molecule has 1 atom stereocenters. The standard InChI is InChI=1S/C14H27NS/c1-15-13(10-12-6-5-7-12)11-16-14-8-3-2-4-9-14/h12-15H,2-11H2,1H3. The number of hydrogen-bond donors (Lipinski definition) is 1. The summed E-state index contributed by atoms with van der Waals surface area (Å²) in [7, 11) is 2.14. The molecular formula is C14H27NS. The van der Waals surface area contributed by atoms with Crippen molar-refractivity contribution in [3.63, 3.8) is 0 Å². The van der Waals surface area contributed by atoms with Crippen LogP contribution >= 0.6 is 11.8 Å². The third kappa shape index (κ3) is 3.96. The zero-order chi connectivity index (χ0) is 11.2. The van der Waals surface area contributed by atoms with Crippen molar-refractivity contribution in [1.29, 1.82) is 0 Å². The van der Waals surface area contributed by atoms with Crippen LogP contribution in [0.1, 0.15) is 57.8 Å². The normalized spacial score (nSPS) is 25.3. The van der Waals surface area contributed by atoms with Gasteiger partial charge >= 0.3 is 0 Å². The maximum Gasteiger partial charge on any atom is 0.0157 e. The Morgan fingerprint density at radius 2 is 1.81 bits per heavy atom. The summed E-state index contributed by atoms with van der Waals surface area (Å²) in [5.41, 5.74) is 0. The molecule has 0 aromatic carbocycles. The summed E-state index contributed by atoms with van der Waals surface area (Å²) >= 11 is 2.24. The first-order valence-electron chi connectivity index (χ1n) is 7.17. The van der Waals surface area contributed by atoms with Gasteiger partial charge in [-0.05, 0) is 32.2 Å². The lowest BCUT2D eigenvalue weighted by molar-refractivity contribution is 0.272. The molecule has 2 saturated carbocycles. The Balaban J connectivity index is 1.61. The summed E-state index contributed by atoms with van der Waals surface area (Å²) < 4.78 is 0. The van der Waals surface area contributed by atoms with Crippen molar-refractivity contribution in [1.82, 2.24) is 5.32 Å². The van der Waals surface area contributed by atoms with Gasteiger partial charge in [-0.15, -0.1) is 0 Å². The van der Waals surface area contributed by atoms with E-state index in [2.05, 4.69) is 24.1 Å². The summed E-state index contributed by atoms with van der Waals surface area (Å²) in [4.78, 5) is 0. The van der Waals surface area contributed by atoms with Crippen LogP contribution in [0.3, 0.4) is 0 Å². The third-order valence-corrected chi connectivity index (χ3v) is 5.87. The van der Waals surface area contributed by atoms with Crippen LogP contribution in [0.4, 0.5) is 0 Å². The predicted molar refractivity (Wildman–Crippen MR) is 74.1 cm³/mol. The molecule has 0 spiro atoms. The van der Waals surface area contributed by atoms with Gasteiger partial charge in [-0.25, -0.2) is 0 Å². The third-order valence-electron chi connectivity index (χ3n) is 4.34. The molecular weight excluding hydrogens is 214 g/mol. The van der Waals surface area contributed by atoms with Gasteiger partial charge in [-0.2, -0.15) is 11.8 Å². The molecule has 0 aromatic heterocycles. The summed E-state index contributed by atoms with van der Waals surface area (Å²) in [6, 6.07) is 0.775. The van der Waals surface area contributed by atoms with Crippen LogP contribution in [-0.4, -0.2) is 24.1 Å². The molecule has 1 unspecified atom stereocenters. The van der Waals surface area contributed by atoms with Crippen molar-refractivity contribution < 1.29 is 0 Å². The Hall–Kier alpha value is 0.310. The van der Waals surface area contributed by atoms with Gasteiger partial charge in [0.05, 0.1) is 0 Å². The van der Waals surface area contributed by atoms with Crippen molar-refractivity contribution in [3.05, 3.63) is 0 Å². The zero-order valence-corrected chi connectivity index (χ0v) is 11.5. The number of thioether (sulfide) groups is 1. The molecule has 1 N–H and O–H groups in total. The number of hydrogen-bond acceptors (Lipinski definition) is 2. The van der Waals surface area contributed by atoms with E-state index >= 15 is 0 Å². The van der Waals surface area contributed by atoms with Crippen LogP contribution in [-0.2, 0) is 0 Å². The van der Waals surface area contributed by atoms with Gasteiger partial charge in [-0.3, -0.25) is 0 Å². The summed E-state index contributed by atoms with van der Waals surface area (Å²) in [5.74, 6) is 2.39. The molecule has 0 saturated heterocycles. The largest absolute Gasteiger partial charge is 0.316 e. The van der Waals surface area contributed by atoms with Crippen molar-refractivity contribution in [3.8, 4) is 0 Å². The van der Waals surface area contributed by atoms with Gasteiger partial charge in [0.25, 0.3) is 0 Å². The minimum Gasteiger partial charge on any atom is -0.316 e. The topological polar surface area (TPSA) is 12.0 Å². The smallest absolute Gasteiger partial charge is 0.0157 e. The van der Waals surface area contributed by atoms with E-state index in [9.17, 15) is 0 Å². The molecule has 2 rings (SSSR count). The van der Waals surface area contributed by atoms with E-state index in [1.165, 1.54) is 63.5 Å². The van der Waals surface area contributed by atoms with Crippen molar-refractivity contribution in [2.45, 2.75) is 69.1 Å². The zero-order valence-electron chi connectivity index (χ0n) is 10.7. The van der Waals surface area contributed by atoms with Crippen LogP contribution in [0.15, 0.2) is 0 Å². The van der Waals surface area contributed by atoms with Gasteiger partial charge in [0.2, 0.25) is 0 Å². The van der Waals surface area contributed by atoms with Crippen molar-refractivity contribution in [2.24, 2.45) is 5.92 Å². The van der Waals surface area contributed by atoms with Gasteiger partial charge < -0.3 is 5.32 Å². The molecule has 0 bridgehead atoms. The molecule has 2 fully saturated rings. The molecule has 2 heteroatoms. The highest BCUT2D eigenvalue weighted by Gasteiger charge is 2.22. The fourth-order valence-corrected chi connectivity index (χ4v) is 4.36. The van der Waals surface area contributed by atoms with E-state index in [1.807, 2.05) is 0 Å². The lowest BCUT2D eigenvalue weighted by Gasteiger charge is -2.30. The first-order valence-corrected chi connectivity index (χ1v) is 8.22. The maximum absolute atomic E-state index is 3.52. The minimum absolute atomic E-state index is 0.775. The van der Waals surface area contributed by atoms with Crippen LogP contribution in [0.2, 0.25) is 0 Å². The lowest BCUT2D eigenvalue weighted by Crippen LogP contribution is -2.32. The van der Waals surface area contributed by atoms with E-state index in [0.29, 0.717) is 0 Å². The Morgan fingerprint density at radius 1 is 1.06 bits per heavy atom. The monoisotopic (exact) mass is 241 g/mol. The molecule has 16 heavy (non-hydrogen) atoms. The SMILES string of the molecule is CNC(CSC1CCCCC1)CC1CCC1. The molecule has 0 radical (unpaired) electrons. The van der Waals surface area contributed by atoms with Crippen LogP contribution < -0.4 is 5.32 Å². The number of nitrogens with one attached hydrogen (secondary N) is 1. The van der Waals surface area contributed by atoms with Crippen LogP contribution in [0, 0.1) is 5.92 Å². The Labute approximate surface area is 105 Å². The predicted octanol–water partition coefficient (Wildman–Crippen LogP) is 3.83. The molecule has 0 aliphatic heterocycles. The number of rotatable bonds is 6. The fourth-order valence-electron chi connectivity index (χ4n) is 2.88. The summed E-state index contributed by atoms with van der Waals surface area (Å²) in [6.07, 6.45) is 13.3. The van der Waals surface area contributed by atoms with Crippen molar-refractivity contribution >= 4 is 11.8 Å². The molecule has 2 aliphatic carbocycles. The molecule has 0 heterocycles. The molecule has 0 amide bonds. The lowest BCUT2D eigenvalue weighted by atomic mass is 9.81. The molecule has 94 valence electrons. The van der Waals surface area contributed by atoms with E-state index in [-0.39, 0.29) is 0 Å². The average Bonchev–Trinajstić information content (AvgIpc) is 2.28. The highest BCUT2D eigenvalue weighted by atomic mass is 32.2. The Bertz CT molecular complexity index is 185. The molecule has 1 nitrogen and oxygen atoms in total. The average molecular weight is 241 g/mol. The second kappa shape index (κ2) is 6.90. The van der Waals surface area contributed by atoms with E-state index in [0.717, 1.165) is 17.2 Å². The van der Waals surface area contributed by atoms with Gasteiger partial charge in [0.15, 0.2) is 0 Å². The maximum atomic E-state index is 3.52. The second-order valence-electron chi connectivity index (χ2n) is 5.61. The van der Waals surface area contributed by atoms with Gasteiger partial charge in [0, 0.05) is 17.0 Å². The van der Waals surface area contributed by atoms with Crippen LogP contribution in [0.5, 0.6) is 0 Å². The highest BCUT2D eigenvalue weighted by molar-refractivity contribution is 7.99. The van der Waals surface area contributed by atoms with Gasteiger partial charge in [0.1, 0.15) is 0 Å². The first kappa shape index (κ1) is 12.8. The van der Waals surface area contributed by atoms with Crippen molar-refractivity contribution in [2.75, 3.05) is 12.8 Å². The summed E-state index contributed by atoms with van der Waals surface area (Å²) in [5, 5.41) is 4.50. The minimum atomic E-state index is 0.775. The van der Waals surface area contributed by atoms with E-state index in [4.69, 9.17) is 0 Å². The highest BCUT2D eigenvalue weighted by Crippen LogP contribution is 2.33. The summed E-state index contributed by atoms with van der Waals surface area (Å²) in [6.45, 7) is 0. The van der Waals surface area contributed by atoms with E-state index < -0.39 is 0 Å². The molecule has 2 aliphatic rings. The van der Waals surface area contributed by atoms with E-state index in [1.54, 1.807) is 0 Å².